The molecular weight excluding hydrogens is 537 g/mol. The summed E-state index contributed by atoms with van der Waals surface area (Å²) in [5.74, 6) is -1.92. The van der Waals surface area contributed by atoms with Gasteiger partial charge in [0.1, 0.15) is 11.4 Å². The zero-order chi connectivity index (χ0) is 29.6. The molecule has 0 bridgehead atoms. The Morgan fingerprint density at radius 1 is 1.10 bits per heavy atom. The van der Waals surface area contributed by atoms with E-state index in [0.717, 1.165) is 42.4 Å². The summed E-state index contributed by atoms with van der Waals surface area (Å²) < 4.78 is 106. The van der Waals surface area contributed by atoms with Crippen LogP contribution in [0.5, 0.6) is 5.75 Å². The third-order valence-electron chi connectivity index (χ3n) is 5.10. The number of nitrogens with one attached hydrogen (secondary N) is 2. The molecule has 39 heavy (non-hydrogen) atoms. The molecule has 7 nitrogen and oxygen atoms in total. The first kappa shape index (κ1) is 31.1. The van der Waals surface area contributed by atoms with Gasteiger partial charge in [-0.3, -0.25) is 4.90 Å². The number of anilines is 1. The number of hydrogen-bond acceptors (Lipinski definition) is 6. The molecule has 14 heteroatoms. The average molecular weight is 560 g/mol. The summed E-state index contributed by atoms with van der Waals surface area (Å²) in [5.41, 5.74) is -6.05. The maximum atomic E-state index is 13.9. The van der Waals surface area contributed by atoms with E-state index >= 15 is 0 Å². The number of benzene rings is 2. The van der Waals surface area contributed by atoms with Crippen LogP contribution in [0.2, 0.25) is 0 Å². The Kier molecular flexibility index (Phi) is 9.70. The maximum Gasteiger partial charge on any atom is 0.420 e. The standard InChI is InChI=1S/C25H23F7N4O3/c1-23(2,14-34)38-9-8-35-13-15(12-33)19-10-16(24(27,28)29)11-20(25(30,31)32)21(19)39-22(37)36(3)18-6-4-17(26)5-7-18/h4-7,10-13,33,35H,8-9H2,1-3H3/b15-13+,33-12?. The zero-order valence-corrected chi connectivity index (χ0v) is 20.8. The van der Waals surface area contributed by atoms with Crippen LogP contribution < -0.4 is 15.0 Å². The Labute approximate surface area is 218 Å². The van der Waals surface area contributed by atoms with Crippen molar-refractivity contribution in [1.82, 2.24) is 5.32 Å². The highest BCUT2D eigenvalue weighted by Crippen LogP contribution is 2.44. The largest absolute Gasteiger partial charge is 0.420 e. The van der Waals surface area contributed by atoms with Crippen molar-refractivity contribution >= 4 is 23.6 Å². The molecule has 0 radical (unpaired) electrons. The number of hydrogen-bond donors (Lipinski definition) is 2. The van der Waals surface area contributed by atoms with Gasteiger partial charge in [-0.2, -0.15) is 31.6 Å². The summed E-state index contributed by atoms with van der Waals surface area (Å²) in [6.45, 7) is 2.87. The van der Waals surface area contributed by atoms with Gasteiger partial charge in [0.15, 0.2) is 5.75 Å². The SMILES string of the molecule is CN(C(=O)Oc1c(/C(C=N)=C/NCCOC(C)(C)C#N)cc(C(F)(F)F)cc1C(F)(F)F)c1ccc(F)cc1. The monoisotopic (exact) mass is 560 g/mol. The van der Waals surface area contributed by atoms with Gasteiger partial charge in [-0.05, 0) is 50.2 Å². The number of carbonyl (C=O) groups excluding carboxylic acids is 1. The molecule has 210 valence electrons. The number of nitriles is 1. The predicted octanol–water partition coefficient (Wildman–Crippen LogP) is 6.40. The maximum absolute atomic E-state index is 13.9. The molecule has 0 aliphatic heterocycles. The second kappa shape index (κ2) is 12.2. The fraction of sp³-hybridized carbons (Fsp3) is 0.320. The van der Waals surface area contributed by atoms with Crippen LogP contribution in [0.25, 0.3) is 5.57 Å². The fourth-order valence-electron chi connectivity index (χ4n) is 3.03. The first-order valence-electron chi connectivity index (χ1n) is 11.0. The van der Waals surface area contributed by atoms with E-state index in [-0.39, 0.29) is 24.9 Å². The molecule has 0 unspecified atom stereocenters. The normalized spacial score (nSPS) is 12.5. The van der Waals surface area contributed by atoms with E-state index in [1.165, 1.54) is 13.8 Å². The Hall–Kier alpha value is -4.12. The van der Waals surface area contributed by atoms with Crippen molar-refractivity contribution in [3.05, 3.63) is 65.1 Å². The third kappa shape index (κ3) is 8.44. The van der Waals surface area contributed by atoms with Crippen LogP contribution in [0.15, 0.2) is 42.6 Å². The molecule has 2 N–H and O–H groups in total. The molecule has 0 atom stereocenters. The molecule has 2 aromatic carbocycles. The van der Waals surface area contributed by atoms with Crippen LogP contribution in [0, 0.1) is 22.6 Å². The Bertz CT molecular complexity index is 1260. The molecule has 0 aromatic heterocycles. The average Bonchev–Trinajstić information content (AvgIpc) is 2.85. The Morgan fingerprint density at radius 2 is 1.72 bits per heavy atom. The van der Waals surface area contributed by atoms with Crippen LogP contribution >= 0.6 is 0 Å². The number of halogens is 7. The molecule has 0 aliphatic rings. The quantitative estimate of drug-likeness (QED) is 0.210. The van der Waals surface area contributed by atoms with E-state index in [0.29, 0.717) is 12.3 Å². The molecule has 2 rings (SSSR count). The molecule has 0 saturated heterocycles. The molecule has 0 heterocycles. The molecule has 0 aliphatic carbocycles. The molecular formula is C25H23F7N4O3. The topological polar surface area (TPSA) is 98.4 Å². The van der Waals surface area contributed by atoms with Gasteiger partial charge in [-0.1, -0.05) is 0 Å². The van der Waals surface area contributed by atoms with E-state index in [2.05, 4.69) is 5.32 Å². The number of amides is 1. The van der Waals surface area contributed by atoms with E-state index in [4.69, 9.17) is 20.1 Å². The van der Waals surface area contributed by atoms with Gasteiger partial charge in [0.05, 0.1) is 23.8 Å². The third-order valence-corrected chi connectivity index (χ3v) is 5.10. The van der Waals surface area contributed by atoms with Crippen molar-refractivity contribution in [2.45, 2.75) is 31.8 Å². The molecule has 0 fully saturated rings. The van der Waals surface area contributed by atoms with Crippen LogP contribution in [0.3, 0.4) is 0 Å². The number of alkyl halides is 6. The highest BCUT2D eigenvalue weighted by atomic mass is 19.4. The summed E-state index contributed by atoms with van der Waals surface area (Å²) in [7, 11) is 1.10. The summed E-state index contributed by atoms with van der Waals surface area (Å²) >= 11 is 0. The van der Waals surface area contributed by atoms with Crippen molar-refractivity contribution in [2.24, 2.45) is 0 Å². The minimum Gasteiger partial charge on any atom is -0.409 e. The van der Waals surface area contributed by atoms with Crippen molar-refractivity contribution in [2.75, 3.05) is 25.1 Å². The van der Waals surface area contributed by atoms with E-state index in [9.17, 15) is 35.5 Å². The van der Waals surface area contributed by atoms with Gasteiger partial charge in [0.2, 0.25) is 0 Å². The minimum absolute atomic E-state index is 0.0215. The second-order valence-corrected chi connectivity index (χ2v) is 8.47. The predicted molar refractivity (Wildman–Crippen MR) is 128 cm³/mol. The lowest BCUT2D eigenvalue weighted by molar-refractivity contribution is -0.143. The smallest absolute Gasteiger partial charge is 0.409 e. The number of rotatable bonds is 9. The van der Waals surface area contributed by atoms with Crippen LogP contribution in [-0.2, 0) is 17.1 Å². The van der Waals surface area contributed by atoms with Gasteiger partial charge in [-0.25, -0.2) is 9.18 Å². The van der Waals surface area contributed by atoms with Crippen LogP contribution in [-0.4, -0.2) is 38.1 Å². The van der Waals surface area contributed by atoms with E-state index < -0.39 is 57.9 Å². The number of nitrogens with zero attached hydrogens (tertiary/aromatic N) is 2. The summed E-state index contributed by atoms with van der Waals surface area (Å²) in [6, 6.07) is 6.24. The molecule has 2 aromatic rings. The van der Waals surface area contributed by atoms with Crippen molar-refractivity contribution in [3.8, 4) is 11.8 Å². The summed E-state index contributed by atoms with van der Waals surface area (Å²) in [4.78, 5) is 13.5. The minimum atomic E-state index is -5.39. The van der Waals surface area contributed by atoms with Gasteiger partial charge < -0.3 is 20.2 Å². The zero-order valence-electron chi connectivity index (χ0n) is 20.8. The lowest BCUT2D eigenvalue weighted by Crippen LogP contribution is -2.30. The highest BCUT2D eigenvalue weighted by Gasteiger charge is 2.41. The van der Waals surface area contributed by atoms with Gasteiger partial charge in [0, 0.05) is 42.8 Å². The first-order valence-corrected chi connectivity index (χ1v) is 11.0. The van der Waals surface area contributed by atoms with E-state index in [1.807, 2.05) is 6.07 Å². The van der Waals surface area contributed by atoms with Gasteiger partial charge in [-0.15, -0.1) is 0 Å². The highest BCUT2D eigenvalue weighted by molar-refractivity contribution is 6.10. The lowest BCUT2D eigenvalue weighted by atomic mass is 9.98. The fourth-order valence-corrected chi connectivity index (χ4v) is 3.03. The molecule has 0 saturated carbocycles. The van der Waals surface area contributed by atoms with Crippen LogP contribution in [0.1, 0.15) is 30.5 Å². The Morgan fingerprint density at radius 3 is 2.23 bits per heavy atom. The summed E-state index contributed by atoms with van der Waals surface area (Å²) in [6.07, 6.45) is -10.6. The molecule has 0 spiro atoms. The number of carbonyl (C=O) groups is 1. The van der Waals surface area contributed by atoms with Crippen molar-refractivity contribution in [3.63, 3.8) is 0 Å². The lowest BCUT2D eigenvalue weighted by Gasteiger charge is -2.22. The van der Waals surface area contributed by atoms with Crippen molar-refractivity contribution < 1.29 is 45.0 Å². The van der Waals surface area contributed by atoms with Crippen molar-refractivity contribution in [1.29, 1.82) is 10.7 Å². The van der Waals surface area contributed by atoms with E-state index in [1.54, 1.807) is 0 Å². The van der Waals surface area contributed by atoms with Gasteiger partial charge in [0.25, 0.3) is 0 Å². The van der Waals surface area contributed by atoms with Crippen LogP contribution in [0.4, 0.5) is 41.2 Å². The molecule has 1 amide bonds. The Balaban J connectivity index is 2.57. The number of allylic oxidation sites excluding steroid dienone is 1. The second-order valence-electron chi connectivity index (χ2n) is 8.47. The van der Waals surface area contributed by atoms with Gasteiger partial charge >= 0.3 is 18.4 Å². The first-order chi connectivity index (χ1) is 18.0. The summed E-state index contributed by atoms with van der Waals surface area (Å²) in [5, 5.41) is 19.2. The number of ether oxygens (including phenoxy) is 2.